The Balaban J connectivity index is 3.10. The minimum atomic E-state index is -0.610. The standard InChI is InChI=1S/C7H7ClN2O3/c1-2-13-6-3-5(8)4-9-7(6)10(11)12/h3-4H,2H2,1H3. The zero-order valence-electron chi connectivity index (χ0n) is 6.86. The normalized spacial score (nSPS) is 9.69. The van der Waals surface area contributed by atoms with Crippen LogP contribution in [-0.4, -0.2) is 16.5 Å². The Morgan fingerprint density at radius 3 is 3.00 bits per heavy atom. The molecule has 0 aliphatic carbocycles. The number of hydrogen-bond acceptors (Lipinski definition) is 4. The van der Waals surface area contributed by atoms with Crippen molar-refractivity contribution < 1.29 is 9.66 Å². The molecule has 1 aromatic heterocycles. The summed E-state index contributed by atoms with van der Waals surface area (Å²) in [5, 5.41) is 10.7. The molecular weight excluding hydrogens is 196 g/mol. The molecule has 0 aromatic carbocycles. The summed E-state index contributed by atoms with van der Waals surface area (Å²) in [5.41, 5.74) is 0. The maximum atomic E-state index is 10.4. The molecule has 6 heteroatoms. The Hall–Kier alpha value is -1.36. The van der Waals surface area contributed by atoms with Crippen LogP contribution in [0.25, 0.3) is 0 Å². The van der Waals surface area contributed by atoms with Crippen LogP contribution >= 0.6 is 11.6 Å². The van der Waals surface area contributed by atoms with Crippen LogP contribution in [0.1, 0.15) is 6.92 Å². The SMILES string of the molecule is CCOc1cc(Cl)cnc1[N+](=O)[O-]. The first kappa shape index (κ1) is 9.73. The van der Waals surface area contributed by atoms with Gasteiger partial charge >= 0.3 is 5.82 Å². The number of nitrogens with zero attached hydrogens (tertiary/aromatic N) is 2. The van der Waals surface area contributed by atoms with Gasteiger partial charge in [-0.05, 0) is 16.8 Å². The minimum Gasteiger partial charge on any atom is -0.486 e. The Morgan fingerprint density at radius 2 is 2.46 bits per heavy atom. The maximum Gasteiger partial charge on any atom is 0.406 e. The monoisotopic (exact) mass is 202 g/mol. The van der Waals surface area contributed by atoms with Crippen LogP contribution in [0.3, 0.4) is 0 Å². The van der Waals surface area contributed by atoms with E-state index in [1.807, 2.05) is 0 Å². The number of halogens is 1. The van der Waals surface area contributed by atoms with Gasteiger partial charge in [-0.25, -0.2) is 0 Å². The highest BCUT2D eigenvalue weighted by atomic mass is 35.5. The zero-order chi connectivity index (χ0) is 9.84. The third-order valence-electron chi connectivity index (χ3n) is 1.27. The first-order chi connectivity index (χ1) is 6.15. The van der Waals surface area contributed by atoms with E-state index in [2.05, 4.69) is 4.98 Å². The van der Waals surface area contributed by atoms with Crippen molar-refractivity contribution in [3.8, 4) is 5.75 Å². The van der Waals surface area contributed by atoms with Crippen LogP contribution in [0.4, 0.5) is 5.82 Å². The van der Waals surface area contributed by atoms with E-state index in [9.17, 15) is 10.1 Å². The molecule has 1 rings (SSSR count). The molecule has 0 N–H and O–H groups in total. The third-order valence-corrected chi connectivity index (χ3v) is 1.48. The quantitative estimate of drug-likeness (QED) is 0.556. The summed E-state index contributed by atoms with van der Waals surface area (Å²) in [6.07, 6.45) is 1.21. The van der Waals surface area contributed by atoms with Gasteiger partial charge in [0.2, 0.25) is 5.75 Å². The molecule has 0 bridgehead atoms. The molecule has 13 heavy (non-hydrogen) atoms. The molecule has 0 spiro atoms. The first-order valence-electron chi connectivity index (χ1n) is 3.58. The molecule has 0 saturated heterocycles. The van der Waals surface area contributed by atoms with E-state index in [0.717, 1.165) is 0 Å². The molecule has 0 fully saturated rings. The Labute approximate surface area is 79.5 Å². The summed E-state index contributed by atoms with van der Waals surface area (Å²) >= 11 is 5.59. The lowest BCUT2D eigenvalue weighted by molar-refractivity contribution is -0.390. The van der Waals surface area contributed by atoms with Crippen LogP contribution in [0.5, 0.6) is 5.75 Å². The number of ether oxygens (including phenoxy) is 1. The molecule has 70 valence electrons. The predicted octanol–water partition coefficient (Wildman–Crippen LogP) is 2.04. The topological polar surface area (TPSA) is 65.3 Å². The predicted molar refractivity (Wildman–Crippen MR) is 47.1 cm³/mol. The van der Waals surface area contributed by atoms with Crippen molar-refractivity contribution >= 4 is 17.4 Å². The fraction of sp³-hybridized carbons (Fsp3) is 0.286. The Morgan fingerprint density at radius 1 is 1.77 bits per heavy atom. The summed E-state index contributed by atoms with van der Waals surface area (Å²) in [7, 11) is 0. The number of hydrogen-bond donors (Lipinski definition) is 0. The van der Waals surface area contributed by atoms with Gasteiger partial charge in [0.05, 0.1) is 11.6 Å². The lowest BCUT2D eigenvalue weighted by Gasteiger charge is -2.02. The average Bonchev–Trinajstić information content (AvgIpc) is 2.04. The number of aromatic nitrogens is 1. The van der Waals surface area contributed by atoms with E-state index < -0.39 is 4.92 Å². The van der Waals surface area contributed by atoms with Gasteiger partial charge in [0.1, 0.15) is 0 Å². The highest BCUT2D eigenvalue weighted by Gasteiger charge is 2.16. The Kier molecular flexibility index (Phi) is 3.02. The van der Waals surface area contributed by atoms with Gasteiger partial charge < -0.3 is 14.9 Å². The van der Waals surface area contributed by atoms with Gasteiger partial charge in [-0.2, -0.15) is 0 Å². The van der Waals surface area contributed by atoms with Crippen LogP contribution < -0.4 is 4.74 Å². The van der Waals surface area contributed by atoms with Crippen molar-refractivity contribution in [1.82, 2.24) is 4.98 Å². The van der Waals surface area contributed by atoms with Gasteiger partial charge in [0.25, 0.3) is 0 Å². The second-order valence-corrected chi connectivity index (χ2v) is 2.60. The summed E-state index contributed by atoms with van der Waals surface area (Å²) in [5.74, 6) is -0.216. The van der Waals surface area contributed by atoms with Gasteiger partial charge in [0.15, 0.2) is 6.20 Å². The fourth-order valence-corrected chi connectivity index (χ4v) is 0.960. The van der Waals surface area contributed by atoms with Crippen molar-refractivity contribution in [1.29, 1.82) is 0 Å². The van der Waals surface area contributed by atoms with Gasteiger partial charge in [-0.3, -0.25) is 0 Å². The molecule has 0 aliphatic rings. The molecular formula is C7H7ClN2O3. The average molecular weight is 203 g/mol. The molecule has 0 radical (unpaired) electrons. The second kappa shape index (κ2) is 4.04. The molecule has 1 heterocycles. The summed E-state index contributed by atoms with van der Waals surface area (Å²) in [4.78, 5) is 13.4. The summed E-state index contributed by atoms with van der Waals surface area (Å²) in [6.45, 7) is 2.06. The smallest absolute Gasteiger partial charge is 0.406 e. The molecule has 0 saturated carbocycles. The maximum absolute atomic E-state index is 10.4. The van der Waals surface area contributed by atoms with Crippen molar-refractivity contribution in [3.05, 3.63) is 27.4 Å². The van der Waals surface area contributed by atoms with Crippen LogP contribution in [-0.2, 0) is 0 Å². The number of pyridine rings is 1. The van der Waals surface area contributed by atoms with Crippen molar-refractivity contribution in [2.75, 3.05) is 6.61 Å². The molecule has 5 nitrogen and oxygen atoms in total. The zero-order valence-corrected chi connectivity index (χ0v) is 7.61. The van der Waals surface area contributed by atoms with Crippen LogP contribution in [0.15, 0.2) is 12.3 Å². The molecule has 0 atom stereocenters. The molecule has 0 unspecified atom stereocenters. The van der Waals surface area contributed by atoms with Crippen molar-refractivity contribution in [2.45, 2.75) is 6.92 Å². The molecule has 0 amide bonds. The third kappa shape index (κ3) is 2.29. The fourth-order valence-electron chi connectivity index (χ4n) is 0.812. The van der Waals surface area contributed by atoms with E-state index in [1.54, 1.807) is 6.92 Å². The van der Waals surface area contributed by atoms with E-state index >= 15 is 0 Å². The Bertz CT molecular complexity index is 330. The van der Waals surface area contributed by atoms with E-state index in [0.29, 0.717) is 11.6 Å². The van der Waals surface area contributed by atoms with Gasteiger partial charge in [-0.1, -0.05) is 11.6 Å². The molecule has 1 aromatic rings. The van der Waals surface area contributed by atoms with Gasteiger partial charge in [0, 0.05) is 6.07 Å². The van der Waals surface area contributed by atoms with Crippen molar-refractivity contribution in [2.24, 2.45) is 0 Å². The largest absolute Gasteiger partial charge is 0.486 e. The highest BCUT2D eigenvalue weighted by molar-refractivity contribution is 6.30. The molecule has 0 aliphatic heterocycles. The summed E-state index contributed by atoms with van der Waals surface area (Å²) < 4.78 is 4.99. The lowest BCUT2D eigenvalue weighted by atomic mass is 10.4. The van der Waals surface area contributed by atoms with E-state index in [-0.39, 0.29) is 11.6 Å². The van der Waals surface area contributed by atoms with Crippen molar-refractivity contribution in [3.63, 3.8) is 0 Å². The summed E-state index contributed by atoms with van der Waals surface area (Å²) in [6, 6.07) is 1.37. The lowest BCUT2D eigenvalue weighted by Crippen LogP contribution is -1.99. The van der Waals surface area contributed by atoms with E-state index in [1.165, 1.54) is 12.3 Å². The van der Waals surface area contributed by atoms with Crippen LogP contribution in [0, 0.1) is 10.1 Å². The minimum absolute atomic E-state index is 0.0972. The van der Waals surface area contributed by atoms with Crippen LogP contribution in [0.2, 0.25) is 5.02 Å². The number of rotatable bonds is 3. The number of nitro groups is 1. The first-order valence-corrected chi connectivity index (χ1v) is 3.95. The highest BCUT2D eigenvalue weighted by Crippen LogP contribution is 2.26. The second-order valence-electron chi connectivity index (χ2n) is 2.17. The van der Waals surface area contributed by atoms with E-state index in [4.69, 9.17) is 16.3 Å². The van der Waals surface area contributed by atoms with Gasteiger partial charge in [-0.15, -0.1) is 0 Å².